The molecule has 0 bridgehead atoms. The molecule has 2 aromatic heterocycles. The molecule has 0 aliphatic carbocycles. The number of fused-ring (bicyclic) bond motifs is 1. The van der Waals surface area contributed by atoms with Crippen molar-refractivity contribution in [2.45, 2.75) is 63.8 Å². The molecule has 11 N–H and O–H groups in total. The van der Waals surface area contributed by atoms with Crippen LogP contribution < -0.4 is 16.4 Å². The minimum atomic E-state index is -5.65. The van der Waals surface area contributed by atoms with Crippen LogP contribution in [-0.4, -0.2) is 134 Å². The second-order valence-electron chi connectivity index (χ2n) is 12.7. The summed E-state index contributed by atoms with van der Waals surface area (Å²) in [6, 6.07) is 0. The number of carbonyl (C=O) groups excluding carboxylic acids is 3. The van der Waals surface area contributed by atoms with Crippen LogP contribution in [0.25, 0.3) is 11.2 Å². The molecule has 0 spiro atoms. The number of anilines is 1. The molecule has 57 heavy (non-hydrogen) atoms. The third kappa shape index (κ3) is 14.5. The van der Waals surface area contributed by atoms with Gasteiger partial charge in [-0.2, -0.15) is 16.9 Å². The zero-order valence-corrected chi connectivity index (χ0v) is 33.5. The number of amides is 2. The summed E-state index contributed by atoms with van der Waals surface area (Å²) < 4.78 is 62.1. The van der Waals surface area contributed by atoms with Gasteiger partial charge in [0.2, 0.25) is 23.4 Å². The fourth-order valence-corrected chi connectivity index (χ4v) is 7.73. The molecule has 1 aliphatic heterocycles. The first-order valence-electron chi connectivity index (χ1n) is 16.4. The van der Waals surface area contributed by atoms with Gasteiger partial charge in [0.25, 0.3) is 0 Å². The number of hydrogen-bond donors (Lipinski definition) is 11. The Hall–Kier alpha value is -3.23. The molecule has 3 heterocycles. The average molecular weight is 894 g/mol. The van der Waals surface area contributed by atoms with E-state index in [4.69, 9.17) is 24.6 Å². The number of nitrogens with two attached hydrogens (primary N) is 1. The lowest BCUT2D eigenvalue weighted by molar-refractivity contribution is -0.137. The van der Waals surface area contributed by atoms with Crippen molar-refractivity contribution in [1.82, 2.24) is 30.2 Å². The highest BCUT2D eigenvalue weighted by atomic mass is 32.1. The van der Waals surface area contributed by atoms with Gasteiger partial charge in [-0.25, -0.2) is 28.6 Å². The van der Waals surface area contributed by atoms with Crippen LogP contribution in [0.3, 0.4) is 0 Å². The van der Waals surface area contributed by atoms with Crippen LogP contribution in [0.2, 0.25) is 0 Å². The number of carboxylic acid groups (broad SMARTS) is 1. The maximum atomic E-state index is 12.7. The number of aliphatic carboxylic acids is 1. The zero-order valence-electron chi connectivity index (χ0n) is 30.0. The van der Waals surface area contributed by atoms with Crippen molar-refractivity contribution in [3.05, 3.63) is 24.3 Å². The Labute approximate surface area is 328 Å². The van der Waals surface area contributed by atoms with E-state index >= 15 is 0 Å². The Morgan fingerprint density at radius 3 is 2.37 bits per heavy atom. The monoisotopic (exact) mass is 893 g/mol. The van der Waals surface area contributed by atoms with Gasteiger partial charge >= 0.3 is 29.4 Å². The number of thiol groups is 1. The van der Waals surface area contributed by atoms with Gasteiger partial charge in [0.05, 0.1) is 19.5 Å². The quantitative estimate of drug-likeness (QED) is 0.0274. The highest BCUT2D eigenvalue weighted by molar-refractivity contribution is 7.80. The minimum Gasteiger partial charge on any atom is -0.481 e. The molecule has 3 rings (SSSR count). The number of phosphoric ester groups is 3. The molecule has 1 saturated heterocycles. The van der Waals surface area contributed by atoms with Crippen molar-refractivity contribution < 1.29 is 90.4 Å². The summed E-state index contributed by atoms with van der Waals surface area (Å²) in [5.74, 6) is -3.72. The number of aliphatic hydroxyl groups excluding tert-OH is 2. The van der Waals surface area contributed by atoms with Gasteiger partial charge in [0.1, 0.15) is 29.9 Å². The Bertz CT molecular complexity index is 1960. The molecular formula is C27H42N7O19P3S. The number of imidazole rings is 1. The van der Waals surface area contributed by atoms with Crippen molar-refractivity contribution in [2.24, 2.45) is 5.41 Å². The van der Waals surface area contributed by atoms with Gasteiger partial charge in [-0.15, -0.1) is 0 Å². The molecule has 2 amide bonds. The first kappa shape index (κ1) is 48.1. The number of carboxylic acids is 1. The van der Waals surface area contributed by atoms with Crippen LogP contribution in [-0.2, 0) is 50.7 Å². The number of aromatic nitrogens is 4. The topological polar surface area (TPSA) is 401 Å². The zero-order chi connectivity index (χ0) is 42.9. The second-order valence-corrected chi connectivity index (χ2v) is 17.3. The van der Waals surface area contributed by atoms with E-state index in [2.05, 4.69) is 47.0 Å². The number of rotatable bonds is 23. The van der Waals surface area contributed by atoms with Crippen LogP contribution in [0.4, 0.5) is 5.82 Å². The molecule has 26 nitrogen and oxygen atoms in total. The van der Waals surface area contributed by atoms with E-state index in [1.165, 1.54) is 19.9 Å². The number of aliphatic hydroxyl groups is 2. The molecule has 1 fully saturated rings. The number of nitrogens with zero attached hydrogens (tertiary/aromatic N) is 4. The van der Waals surface area contributed by atoms with E-state index in [0.717, 1.165) is 17.0 Å². The maximum Gasteiger partial charge on any atom is 0.481 e. The lowest BCUT2D eigenvalue weighted by atomic mass is 9.87. The number of ketones is 1. The number of nitrogen functional groups attached to an aromatic ring is 1. The van der Waals surface area contributed by atoms with Crippen molar-refractivity contribution in [3.63, 3.8) is 0 Å². The van der Waals surface area contributed by atoms with Gasteiger partial charge in [-0.05, 0) is 12.5 Å². The molecule has 2 aromatic rings. The normalized spacial score (nSPS) is 21.6. The third-order valence-electron chi connectivity index (χ3n) is 7.59. The van der Waals surface area contributed by atoms with Crippen LogP contribution in [0.1, 0.15) is 50.0 Å². The molecule has 2 unspecified atom stereocenters. The molecule has 0 aromatic carbocycles. The molecule has 30 heteroatoms. The molecule has 7 atom stereocenters. The highest BCUT2D eigenvalue weighted by Crippen LogP contribution is 2.61. The molecule has 0 radical (unpaired) electrons. The van der Waals surface area contributed by atoms with Crippen molar-refractivity contribution in [3.8, 4) is 0 Å². The van der Waals surface area contributed by atoms with Crippen molar-refractivity contribution in [1.29, 1.82) is 0 Å². The Balaban J connectivity index is 1.70. The number of nitrogens with one attached hydrogen (secondary N) is 2. The Morgan fingerprint density at radius 1 is 1.07 bits per heavy atom. The largest absolute Gasteiger partial charge is 0.481 e. The molecular weight excluding hydrogens is 851 g/mol. The number of allylic oxidation sites excluding steroid dienone is 2. The molecule has 1 aliphatic rings. The fourth-order valence-electron chi connectivity index (χ4n) is 4.79. The van der Waals surface area contributed by atoms with E-state index in [9.17, 15) is 62.7 Å². The van der Waals surface area contributed by atoms with Gasteiger partial charge in [0, 0.05) is 37.1 Å². The Morgan fingerprint density at radius 2 is 1.74 bits per heavy atom. The van der Waals surface area contributed by atoms with E-state index in [-0.39, 0.29) is 42.8 Å². The minimum absolute atomic E-state index is 0.00230. The van der Waals surface area contributed by atoms with E-state index in [1.54, 1.807) is 0 Å². The standard InChI is InChI=1S/C27H42N7O19P3S/c1-27(2,21(40)25(41)30-8-7-16(36)29-9-10-57)12-50-56(47,48)53-55(45,46)49-11-15-20(52-54(42,43)44)19(39)26(51-15)34-13-31-18-22(28)32-23(33-24(18)34)14(35)5-3-4-6-17(37)38/h3,5,13,15,19-21,26,39-40,57H,4,6-12H2,1-2H3,(H,29,36)(H,30,41)(H,37,38)(H,45,46)(H,47,48)(H2,28,32,33)(H2,42,43,44)/t15-,19-,20-,21+,26-/m1/s1. The van der Waals surface area contributed by atoms with Gasteiger partial charge < -0.3 is 56.0 Å². The third-order valence-corrected chi connectivity index (χ3v) is 10.9. The Kier molecular flexibility index (Phi) is 17.0. The van der Waals surface area contributed by atoms with E-state index in [1.807, 2.05) is 0 Å². The summed E-state index contributed by atoms with van der Waals surface area (Å²) in [5.41, 5.74) is 3.92. The number of carbonyl (C=O) groups is 4. The predicted molar refractivity (Wildman–Crippen MR) is 194 cm³/mol. The summed E-state index contributed by atoms with van der Waals surface area (Å²) in [5, 5.41) is 35.1. The van der Waals surface area contributed by atoms with Gasteiger partial charge in [-0.1, -0.05) is 19.9 Å². The van der Waals surface area contributed by atoms with Gasteiger partial charge in [0.15, 0.2) is 17.7 Å². The lowest BCUT2D eigenvalue weighted by Gasteiger charge is -2.30. The average Bonchev–Trinajstić information content (AvgIpc) is 3.66. The van der Waals surface area contributed by atoms with Crippen LogP contribution in [0.5, 0.6) is 0 Å². The lowest BCUT2D eigenvalue weighted by Crippen LogP contribution is -2.46. The van der Waals surface area contributed by atoms with Crippen LogP contribution in [0, 0.1) is 5.41 Å². The summed E-state index contributed by atoms with van der Waals surface area (Å²) in [6.07, 6.45) is -6.69. The van der Waals surface area contributed by atoms with Gasteiger partial charge in [-0.3, -0.25) is 37.3 Å². The smallest absolute Gasteiger partial charge is 0.481 e. The van der Waals surface area contributed by atoms with Crippen LogP contribution >= 0.6 is 36.1 Å². The van der Waals surface area contributed by atoms with Crippen LogP contribution in [0.15, 0.2) is 18.5 Å². The van der Waals surface area contributed by atoms with Crippen molar-refractivity contribution >= 4 is 76.6 Å². The summed E-state index contributed by atoms with van der Waals surface area (Å²) in [4.78, 5) is 98.8. The van der Waals surface area contributed by atoms with Crippen molar-refractivity contribution in [2.75, 3.05) is 37.8 Å². The summed E-state index contributed by atoms with van der Waals surface area (Å²) in [7, 11) is -16.6. The number of ether oxygens (including phenoxy) is 1. The first-order valence-corrected chi connectivity index (χ1v) is 21.5. The van der Waals surface area contributed by atoms with E-state index in [0.29, 0.717) is 12.3 Å². The first-order chi connectivity index (χ1) is 26.4. The SMILES string of the molecule is CC(C)(COP(=O)(O)OP(=O)(O)OC[C@H]1O[C@@H](n2cnc3c(N)nc(C(=O)C=CCCC(=O)O)nc32)[C@H](O)[C@@H]1OP(=O)(O)O)[C@@H](O)C(=O)NCCC(=O)NCCS. The second kappa shape index (κ2) is 20.2. The summed E-state index contributed by atoms with van der Waals surface area (Å²) in [6.45, 7) is 0.465. The fraction of sp³-hybridized carbons (Fsp3) is 0.593. The number of phosphoric acid groups is 3. The number of hydrogen-bond acceptors (Lipinski definition) is 19. The highest BCUT2D eigenvalue weighted by Gasteiger charge is 2.50. The van der Waals surface area contributed by atoms with E-state index < -0.39 is 102 Å². The molecule has 0 saturated carbocycles. The molecule has 320 valence electrons. The maximum absolute atomic E-state index is 12.7. The summed E-state index contributed by atoms with van der Waals surface area (Å²) >= 11 is 3.95. The predicted octanol–water partition coefficient (Wildman–Crippen LogP) is -1.06.